The molecular weight excluding hydrogens is 436 g/mol. The molecule has 1 aliphatic heterocycles. The van der Waals surface area contributed by atoms with Gasteiger partial charge in [-0.05, 0) is 55.0 Å². The number of benzene rings is 2. The summed E-state index contributed by atoms with van der Waals surface area (Å²) in [6, 6.07) is 17.1. The number of amides is 1. The minimum absolute atomic E-state index is 0.0210. The van der Waals surface area contributed by atoms with Gasteiger partial charge in [0.1, 0.15) is 0 Å². The predicted octanol–water partition coefficient (Wildman–Crippen LogP) is 4.69. The minimum Gasteiger partial charge on any atom is -0.350 e. The molecule has 33 heavy (non-hydrogen) atoms. The van der Waals surface area contributed by atoms with Crippen LogP contribution in [-0.4, -0.2) is 51.9 Å². The van der Waals surface area contributed by atoms with Gasteiger partial charge in [-0.2, -0.15) is 0 Å². The van der Waals surface area contributed by atoms with Crippen LogP contribution in [0.1, 0.15) is 15.9 Å². The molecule has 0 aliphatic carbocycles. The van der Waals surface area contributed by atoms with Crippen LogP contribution in [0.25, 0.3) is 11.0 Å². The number of pyridine rings is 1. The Morgan fingerprint density at radius 3 is 2.42 bits per heavy atom. The number of hydrogen-bond donors (Lipinski definition) is 1. The van der Waals surface area contributed by atoms with E-state index >= 15 is 0 Å². The molecule has 4 aromatic rings. The third kappa shape index (κ3) is 4.45. The monoisotopic (exact) mass is 458 g/mol. The van der Waals surface area contributed by atoms with Crippen molar-refractivity contribution in [1.29, 1.82) is 0 Å². The number of nitrogens with one attached hydrogen (secondary N) is 1. The number of nitrogens with zero attached hydrogens (tertiary/aromatic N) is 5. The summed E-state index contributed by atoms with van der Waals surface area (Å²) in [5.74, 6) is 1.47. The van der Waals surface area contributed by atoms with E-state index in [0.717, 1.165) is 28.1 Å². The van der Waals surface area contributed by atoms with E-state index in [9.17, 15) is 4.79 Å². The number of piperazine rings is 1. The molecule has 2 aromatic carbocycles. The van der Waals surface area contributed by atoms with Gasteiger partial charge in [-0.15, -0.1) is 0 Å². The lowest BCUT2D eigenvalue weighted by molar-refractivity contribution is 0.0746. The van der Waals surface area contributed by atoms with Gasteiger partial charge >= 0.3 is 0 Å². The van der Waals surface area contributed by atoms with Crippen molar-refractivity contribution in [2.24, 2.45) is 0 Å². The topological polar surface area (TPSA) is 74.2 Å². The highest BCUT2D eigenvalue weighted by molar-refractivity contribution is 6.31. The Balaban J connectivity index is 1.38. The highest BCUT2D eigenvalue weighted by Gasteiger charge is 2.25. The van der Waals surface area contributed by atoms with Crippen molar-refractivity contribution in [3.05, 3.63) is 83.1 Å². The number of aromatic nitrogens is 3. The fraction of sp³-hybridized carbons (Fsp3) is 0.200. The summed E-state index contributed by atoms with van der Waals surface area (Å²) in [5, 5.41) is 4.03. The Labute approximate surface area is 197 Å². The zero-order valence-electron chi connectivity index (χ0n) is 18.2. The lowest BCUT2D eigenvalue weighted by atomic mass is 10.1. The number of carbonyl (C=O) groups excluding carboxylic acids is 1. The third-order valence-electron chi connectivity index (χ3n) is 5.75. The van der Waals surface area contributed by atoms with E-state index in [0.29, 0.717) is 42.6 Å². The Bertz CT molecular complexity index is 1310. The Kier molecular flexibility index (Phi) is 5.79. The fourth-order valence-corrected chi connectivity index (χ4v) is 4.07. The van der Waals surface area contributed by atoms with Crippen LogP contribution < -0.4 is 10.2 Å². The smallest absolute Gasteiger partial charge is 0.253 e. The lowest BCUT2D eigenvalue weighted by Crippen LogP contribution is -2.49. The maximum Gasteiger partial charge on any atom is 0.253 e. The molecule has 0 bridgehead atoms. The van der Waals surface area contributed by atoms with Crippen LogP contribution in [0.4, 0.5) is 17.3 Å². The molecule has 0 unspecified atom stereocenters. The number of fused-ring (bicyclic) bond motifs is 1. The van der Waals surface area contributed by atoms with Gasteiger partial charge in [0.2, 0.25) is 0 Å². The van der Waals surface area contributed by atoms with Crippen LogP contribution in [0.3, 0.4) is 0 Å². The van der Waals surface area contributed by atoms with Crippen LogP contribution in [0.2, 0.25) is 5.02 Å². The molecule has 7 nitrogen and oxygen atoms in total. The van der Waals surface area contributed by atoms with Gasteiger partial charge in [-0.1, -0.05) is 23.7 Å². The van der Waals surface area contributed by atoms with E-state index < -0.39 is 0 Å². The van der Waals surface area contributed by atoms with Gasteiger partial charge in [0.05, 0.1) is 22.9 Å². The Hall–Kier alpha value is -3.71. The van der Waals surface area contributed by atoms with E-state index in [1.165, 1.54) is 0 Å². The van der Waals surface area contributed by atoms with Gasteiger partial charge in [0.15, 0.2) is 11.6 Å². The van der Waals surface area contributed by atoms with Gasteiger partial charge in [-0.25, -0.2) is 9.97 Å². The molecule has 1 fully saturated rings. The molecule has 0 saturated carbocycles. The number of para-hydroxylation sites is 2. The van der Waals surface area contributed by atoms with Crippen molar-refractivity contribution >= 4 is 45.9 Å². The summed E-state index contributed by atoms with van der Waals surface area (Å²) in [6.45, 7) is 4.43. The third-order valence-corrected chi connectivity index (χ3v) is 6.17. The normalized spacial score (nSPS) is 13.9. The van der Waals surface area contributed by atoms with E-state index in [2.05, 4.69) is 15.2 Å². The van der Waals surface area contributed by atoms with Crippen LogP contribution >= 0.6 is 11.6 Å². The first-order valence-electron chi connectivity index (χ1n) is 10.8. The largest absolute Gasteiger partial charge is 0.350 e. The van der Waals surface area contributed by atoms with Crippen molar-refractivity contribution in [1.82, 2.24) is 19.9 Å². The average Bonchev–Trinajstić information content (AvgIpc) is 2.85. The molecule has 0 radical (unpaired) electrons. The standard InChI is InChI=1S/C25H23ClN6O/c1-17-15-18(8-9-20(17)26)25(33)32-13-11-31(12-14-32)24-23(28-19-5-4-10-27-16-19)29-21-6-2-3-7-22(21)30-24/h2-10,15-16H,11-14H2,1H3,(H,28,29). The summed E-state index contributed by atoms with van der Waals surface area (Å²) in [4.78, 5) is 31.0. The summed E-state index contributed by atoms with van der Waals surface area (Å²) < 4.78 is 0. The van der Waals surface area contributed by atoms with Crippen molar-refractivity contribution in [2.75, 3.05) is 36.4 Å². The number of hydrogen-bond acceptors (Lipinski definition) is 6. The molecule has 3 heterocycles. The number of aryl methyl sites for hydroxylation is 1. The zero-order chi connectivity index (χ0) is 22.8. The van der Waals surface area contributed by atoms with Crippen molar-refractivity contribution in [3.63, 3.8) is 0 Å². The second kappa shape index (κ2) is 9.03. The van der Waals surface area contributed by atoms with Crippen molar-refractivity contribution in [3.8, 4) is 0 Å². The highest BCUT2D eigenvalue weighted by Crippen LogP contribution is 2.28. The Morgan fingerprint density at radius 2 is 1.73 bits per heavy atom. The average molecular weight is 459 g/mol. The number of halogens is 1. The predicted molar refractivity (Wildman–Crippen MR) is 131 cm³/mol. The van der Waals surface area contributed by atoms with E-state index in [1.807, 2.05) is 54.3 Å². The van der Waals surface area contributed by atoms with E-state index in [1.54, 1.807) is 24.5 Å². The second-order valence-electron chi connectivity index (χ2n) is 7.99. The van der Waals surface area contributed by atoms with E-state index in [4.69, 9.17) is 21.6 Å². The SMILES string of the molecule is Cc1cc(C(=O)N2CCN(c3nc4ccccc4nc3Nc3cccnc3)CC2)ccc1Cl. The molecule has 1 N–H and O–H groups in total. The summed E-state index contributed by atoms with van der Waals surface area (Å²) in [5.41, 5.74) is 4.06. The Morgan fingerprint density at radius 1 is 0.970 bits per heavy atom. The summed E-state index contributed by atoms with van der Waals surface area (Å²) >= 11 is 6.12. The molecule has 1 saturated heterocycles. The molecule has 0 spiro atoms. The van der Waals surface area contributed by atoms with Gasteiger partial charge in [0, 0.05) is 43.0 Å². The molecule has 1 aliphatic rings. The zero-order valence-corrected chi connectivity index (χ0v) is 19.0. The van der Waals surface area contributed by atoms with E-state index in [-0.39, 0.29) is 5.91 Å². The van der Waals surface area contributed by atoms with Gasteiger partial charge < -0.3 is 15.1 Å². The molecule has 8 heteroatoms. The first kappa shape index (κ1) is 21.2. The molecule has 166 valence electrons. The molecule has 2 aromatic heterocycles. The molecule has 5 rings (SSSR count). The number of carbonyl (C=O) groups is 1. The first-order chi connectivity index (χ1) is 16.1. The lowest BCUT2D eigenvalue weighted by Gasteiger charge is -2.36. The second-order valence-corrected chi connectivity index (χ2v) is 8.40. The fourth-order valence-electron chi connectivity index (χ4n) is 3.95. The van der Waals surface area contributed by atoms with Crippen LogP contribution in [0.15, 0.2) is 67.0 Å². The molecule has 1 amide bonds. The highest BCUT2D eigenvalue weighted by atomic mass is 35.5. The van der Waals surface area contributed by atoms with Gasteiger partial charge in [-0.3, -0.25) is 9.78 Å². The number of rotatable bonds is 4. The maximum atomic E-state index is 13.0. The summed E-state index contributed by atoms with van der Waals surface area (Å²) in [7, 11) is 0. The van der Waals surface area contributed by atoms with Crippen LogP contribution in [0.5, 0.6) is 0 Å². The molecular formula is C25H23ClN6O. The quantitative estimate of drug-likeness (QED) is 0.478. The van der Waals surface area contributed by atoms with Crippen LogP contribution in [-0.2, 0) is 0 Å². The first-order valence-corrected chi connectivity index (χ1v) is 11.2. The molecule has 0 atom stereocenters. The van der Waals surface area contributed by atoms with Crippen molar-refractivity contribution < 1.29 is 4.79 Å². The van der Waals surface area contributed by atoms with Crippen molar-refractivity contribution in [2.45, 2.75) is 6.92 Å². The number of anilines is 3. The maximum absolute atomic E-state index is 13.0. The summed E-state index contributed by atoms with van der Waals surface area (Å²) in [6.07, 6.45) is 3.49. The van der Waals surface area contributed by atoms with Gasteiger partial charge in [0.25, 0.3) is 5.91 Å². The minimum atomic E-state index is 0.0210. The van der Waals surface area contributed by atoms with Crippen LogP contribution in [0, 0.1) is 6.92 Å².